The van der Waals surface area contributed by atoms with Gasteiger partial charge in [0.1, 0.15) is 12.4 Å². The quantitative estimate of drug-likeness (QED) is 0.503. The molecule has 136 valence electrons. The molecule has 0 fully saturated rings. The van der Waals surface area contributed by atoms with Gasteiger partial charge in [-0.15, -0.1) is 11.3 Å². The summed E-state index contributed by atoms with van der Waals surface area (Å²) >= 11 is 1.71. The second kappa shape index (κ2) is 7.76. The van der Waals surface area contributed by atoms with Gasteiger partial charge in [0, 0.05) is 24.9 Å². The van der Waals surface area contributed by atoms with E-state index in [-0.39, 0.29) is 5.91 Å². The van der Waals surface area contributed by atoms with Crippen LogP contribution in [0.3, 0.4) is 0 Å². The van der Waals surface area contributed by atoms with Gasteiger partial charge in [-0.3, -0.25) is 4.79 Å². The van der Waals surface area contributed by atoms with Gasteiger partial charge in [-0.1, -0.05) is 48.5 Å². The highest BCUT2D eigenvalue weighted by Crippen LogP contribution is 2.21. The van der Waals surface area contributed by atoms with E-state index in [0.29, 0.717) is 13.1 Å². The lowest BCUT2D eigenvalue weighted by Gasteiger charge is -2.18. The Balaban J connectivity index is 1.59. The Morgan fingerprint density at radius 1 is 1.04 bits per heavy atom. The summed E-state index contributed by atoms with van der Waals surface area (Å²) in [6.07, 6.45) is 0.738. The lowest BCUT2D eigenvalue weighted by atomic mass is 10.2. The van der Waals surface area contributed by atoms with Crippen LogP contribution in [0.2, 0.25) is 0 Å². The Hall–Kier alpha value is -2.92. The third-order valence-electron chi connectivity index (χ3n) is 4.63. The minimum absolute atomic E-state index is 0.0782. The largest absolute Gasteiger partial charge is 0.340 e. The number of imidazole rings is 1. The van der Waals surface area contributed by atoms with E-state index in [4.69, 9.17) is 4.98 Å². The Morgan fingerprint density at radius 3 is 2.59 bits per heavy atom. The molecule has 0 aliphatic rings. The molecule has 5 heteroatoms. The smallest absolute Gasteiger partial charge is 0.242 e. The van der Waals surface area contributed by atoms with Crippen LogP contribution < -0.4 is 0 Å². The summed E-state index contributed by atoms with van der Waals surface area (Å²) < 4.78 is 2.05. The van der Waals surface area contributed by atoms with Crippen molar-refractivity contribution in [3.63, 3.8) is 0 Å². The molecule has 0 saturated carbocycles. The van der Waals surface area contributed by atoms with Crippen LogP contribution >= 0.6 is 11.3 Å². The number of benzene rings is 2. The van der Waals surface area contributed by atoms with Crippen molar-refractivity contribution in [3.8, 4) is 0 Å². The van der Waals surface area contributed by atoms with Gasteiger partial charge < -0.3 is 9.47 Å². The second-order valence-electron chi connectivity index (χ2n) is 6.59. The van der Waals surface area contributed by atoms with Gasteiger partial charge in [0.05, 0.1) is 11.0 Å². The van der Waals surface area contributed by atoms with Gasteiger partial charge in [0.2, 0.25) is 5.91 Å². The number of amides is 1. The van der Waals surface area contributed by atoms with E-state index in [0.717, 1.165) is 28.8 Å². The van der Waals surface area contributed by atoms with E-state index in [1.807, 2.05) is 67.7 Å². The molecule has 0 atom stereocenters. The van der Waals surface area contributed by atoms with Crippen molar-refractivity contribution in [2.75, 3.05) is 7.05 Å². The third kappa shape index (κ3) is 3.93. The zero-order valence-electron chi connectivity index (χ0n) is 15.2. The van der Waals surface area contributed by atoms with E-state index in [2.05, 4.69) is 16.0 Å². The molecule has 1 amide bonds. The van der Waals surface area contributed by atoms with Gasteiger partial charge in [-0.2, -0.15) is 0 Å². The molecule has 0 unspecified atom stereocenters. The predicted molar refractivity (Wildman–Crippen MR) is 110 cm³/mol. The Bertz CT molecular complexity index is 1040. The van der Waals surface area contributed by atoms with Crippen LogP contribution in [0.4, 0.5) is 0 Å². The summed E-state index contributed by atoms with van der Waals surface area (Å²) in [6.45, 7) is 0.900. The molecular formula is C22H21N3OS. The highest BCUT2D eigenvalue weighted by Gasteiger charge is 2.17. The molecule has 0 N–H and O–H groups in total. The number of aromatic nitrogens is 2. The molecule has 2 aromatic carbocycles. The maximum absolute atomic E-state index is 12.9. The van der Waals surface area contributed by atoms with Crippen molar-refractivity contribution >= 4 is 28.3 Å². The Morgan fingerprint density at radius 2 is 1.81 bits per heavy atom. The van der Waals surface area contributed by atoms with Crippen LogP contribution in [0.5, 0.6) is 0 Å². The minimum Gasteiger partial charge on any atom is -0.340 e. The number of carbonyl (C=O) groups is 1. The van der Waals surface area contributed by atoms with Crippen molar-refractivity contribution in [1.82, 2.24) is 14.5 Å². The monoisotopic (exact) mass is 375 g/mol. The molecule has 0 spiro atoms. The van der Waals surface area contributed by atoms with Crippen molar-refractivity contribution in [2.45, 2.75) is 19.5 Å². The first-order chi connectivity index (χ1) is 13.2. The first kappa shape index (κ1) is 17.5. The van der Waals surface area contributed by atoms with Gasteiger partial charge in [0.25, 0.3) is 0 Å². The molecule has 0 aliphatic heterocycles. The number of hydrogen-bond acceptors (Lipinski definition) is 3. The maximum Gasteiger partial charge on any atom is 0.242 e. The normalized spacial score (nSPS) is 11.0. The van der Waals surface area contributed by atoms with Crippen molar-refractivity contribution in [3.05, 3.63) is 88.4 Å². The molecule has 4 rings (SSSR count). The molecular weight excluding hydrogens is 354 g/mol. The van der Waals surface area contributed by atoms with E-state index in [9.17, 15) is 4.79 Å². The van der Waals surface area contributed by atoms with Crippen LogP contribution in [0.1, 0.15) is 16.3 Å². The topological polar surface area (TPSA) is 38.1 Å². The lowest BCUT2D eigenvalue weighted by Crippen LogP contribution is -2.30. The van der Waals surface area contributed by atoms with Crippen LogP contribution in [0.25, 0.3) is 11.0 Å². The highest BCUT2D eigenvalue weighted by atomic mass is 32.1. The van der Waals surface area contributed by atoms with Crippen molar-refractivity contribution in [1.29, 1.82) is 0 Å². The van der Waals surface area contributed by atoms with Crippen LogP contribution in [-0.4, -0.2) is 27.4 Å². The summed E-state index contributed by atoms with van der Waals surface area (Å²) in [6, 6.07) is 22.2. The molecule has 0 saturated heterocycles. The first-order valence-corrected chi connectivity index (χ1v) is 9.83. The fraction of sp³-hybridized carbons (Fsp3) is 0.182. The zero-order valence-corrected chi connectivity index (χ0v) is 16.0. The first-order valence-electron chi connectivity index (χ1n) is 8.95. The fourth-order valence-corrected chi connectivity index (χ4v) is 3.91. The summed E-state index contributed by atoms with van der Waals surface area (Å²) in [7, 11) is 1.85. The second-order valence-corrected chi connectivity index (χ2v) is 7.63. The molecule has 2 aromatic heterocycles. The number of nitrogens with zero attached hydrogens (tertiary/aromatic N) is 3. The highest BCUT2D eigenvalue weighted by molar-refractivity contribution is 7.09. The number of thiophene rings is 1. The summed E-state index contributed by atoms with van der Waals surface area (Å²) in [5.41, 5.74) is 3.07. The molecule has 4 aromatic rings. The summed E-state index contributed by atoms with van der Waals surface area (Å²) in [5, 5.41) is 2.07. The molecule has 0 bridgehead atoms. The van der Waals surface area contributed by atoms with E-state index >= 15 is 0 Å². The number of rotatable bonds is 6. The van der Waals surface area contributed by atoms with E-state index < -0.39 is 0 Å². The van der Waals surface area contributed by atoms with Gasteiger partial charge in [-0.25, -0.2) is 4.98 Å². The van der Waals surface area contributed by atoms with Crippen LogP contribution in [0, 0.1) is 0 Å². The van der Waals surface area contributed by atoms with Gasteiger partial charge in [-0.05, 0) is 29.1 Å². The van der Waals surface area contributed by atoms with Crippen molar-refractivity contribution in [2.24, 2.45) is 0 Å². The number of para-hydroxylation sites is 2. The maximum atomic E-state index is 12.9. The molecule has 2 heterocycles. The van der Waals surface area contributed by atoms with Crippen LogP contribution in [0.15, 0.2) is 72.1 Å². The van der Waals surface area contributed by atoms with E-state index in [1.54, 1.807) is 16.2 Å². The van der Waals surface area contributed by atoms with E-state index in [1.165, 1.54) is 4.88 Å². The summed E-state index contributed by atoms with van der Waals surface area (Å²) in [4.78, 5) is 20.7. The number of hydrogen-bond donors (Lipinski definition) is 0. The van der Waals surface area contributed by atoms with Gasteiger partial charge in [0.15, 0.2) is 0 Å². The van der Waals surface area contributed by atoms with Gasteiger partial charge >= 0.3 is 0 Å². The standard InChI is InChI=1S/C22H21N3OS/c1-24(15-17-8-3-2-4-9-17)22(26)16-25-20-12-6-5-11-19(20)23-21(25)14-18-10-7-13-27-18/h2-13H,14-16H2,1H3. The Labute approximate surface area is 162 Å². The number of carbonyl (C=O) groups excluding carboxylic acids is 1. The third-order valence-corrected chi connectivity index (χ3v) is 5.50. The number of fused-ring (bicyclic) bond motifs is 1. The molecule has 0 radical (unpaired) electrons. The SMILES string of the molecule is CN(Cc1ccccc1)C(=O)Cn1c(Cc2cccs2)nc2ccccc21. The van der Waals surface area contributed by atoms with Crippen molar-refractivity contribution < 1.29 is 4.79 Å². The molecule has 0 aliphatic carbocycles. The van der Waals surface area contributed by atoms with Crippen LogP contribution in [-0.2, 0) is 24.3 Å². The average Bonchev–Trinajstić information content (AvgIpc) is 3.31. The summed E-state index contributed by atoms with van der Waals surface area (Å²) in [5.74, 6) is 1.01. The molecule has 4 nitrogen and oxygen atoms in total. The lowest BCUT2D eigenvalue weighted by molar-refractivity contribution is -0.131. The average molecular weight is 375 g/mol. The predicted octanol–water partition coefficient (Wildman–Crippen LogP) is 4.35. The minimum atomic E-state index is 0.0782. The fourth-order valence-electron chi connectivity index (χ4n) is 3.21. The Kier molecular flexibility index (Phi) is 5.03. The molecule has 27 heavy (non-hydrogen) atoms. The zero-order chi connectivity index (χ0) is 18.6. The number of likely N-dealkylation sites (N-methyl/N-ethyl adjacent to an activating group) is 1.